The molecule has 1 atom stereocenters. The molecule has 0 saturated carbocycles. The molecule has 0 bridgehead atoms. The van der Waals surface area contributed by atoms with E-state index in [1.165, 1.54) is 21.3 Å². The minimum absolute atomic E-state index is 0.353. The maximum atomic E-state index is 12.5. The van der Waals surface area contributed by atoms with E-state index in [4.69, 9.17) is 30.5 Å². The summed E-state index contributed by atoms with van der Waals surface area (Å²) in [6, 6.07) is 10.3. The predicted molar refractivity (Wildman–Crippen MR) is 96.3 cm³/mol. The highest BCUT2D eigenvalue weighted by molar-refractivity contribution is 6.32. The van der Waals surface area contributed by atoms with E-state index in [-0.39, 0.29) is 5.91 Å². The summed E-state index contributed by atoms with van der Waals surface area (Å²) in [6.45, 7) is 1.64. The van der Waals surface area contributed by atoms with Gasteiger partial charge in [-0.1, -0.05) is 23.7 Å². The lowest BCUT2D eigenvalue weighted by atomic mass is 10.2. The normalized spacial score (nSPS) is 11.4. The molecule has 7 heteroatoms. The number of hydrogen-bond acceptors (Lipinski definition) is 5. The zero-order valence-corrected chi connectivity index (χ0v) is 15.2. The molecule has 0 aliphatic carbocycles. The molecule has 2 aromatic carbocycles. The predicted octanol–water partition coefficient (Wildman–Crippen LogP) is 3.77. The second-order valence-electron chi connectivity index (χ2n) is 5.09. The van der Waals surface area contributed by atoms with Crippen LogP contribution in [-0.4, -0.2) is 33.3 Å². The minimum atomic E-state index is -0.761. The molecule has 0 aliphatic heterocycles. The summed E-state index contributed by atoms with van der Waals surface area (Å²) in [7, 11) is 4.52. The Hall–Kier alpha value is -2.60. The SMILES string of the molecule is COc1cc(NC(=O)[C@H](C)Oc2ccccc2OC)c(OC)cc1Cl. The van der Waals surface area contributed by atoms with Gasteiger partial charge in [-0.25, -0.2) is 0 Å². The van der Waals surface area contributed by atoms with Crippen LogP contribution < -0.4 is 24.3 Å². The number of nitrogens with one attached hydrogen (secondary N) is 1. The van der Waals surface area contributed by atoms with Crippen molar-refractivity contribution in [3.63, 3.8) is 0 Å². The Kier molecular flexibility index (Phi) is 6.36. The average Bonchev–Trinajstić information content (AvgIpc) is 2.62. The zero-order valence-electron chi connectivity index (χ0n) is 14.5. The molecular weight excluding hydrogens is 346 g/mol. The van der Waals surface area contributed by atoms with Crippen molar-refractivity contribution in [2.75, 3.05) is 26.6 Å². The second kappa shape index (κ2) is 8.48. The molecule has 2 aromatic rings. The number of carbonyl (C=O) groups is 1. The number of methoxy groups -OCH3 is 3. The van der Waals surface area contributed by atoms with Crippen LogP contribution in [0.1, 0.15) is 6.92 Å². The van der Waals surface area contributed by atoms with Gasteiger partial charge in [-0.15, -0.1) is 0 Å². The molecule has 2 rings (SSSR count). The van der Waals surface area contributed by atoms with Crippen LogP contribution in [0.2, 0.25) is 5.02 Å². The van der Waals surface area contributed by atoms with Gasteiger partial charge in [0.05, 0.1) is 32.0 Å². The first-order valence-electron chi connectivity index (χ1n) is 7.52. The quantitative estimate of drug-likeness (QED) is 0.809. The Labute approximate surface area is 151 Å². The Bertz CT molecular complexity index is 750. The van der Waals surface area contributed by atoms with Crippen LogP contribution in [0.4, 0.5) is 5.69 Å². The van der Waals surface area contributed by atoms with Crippen LogP contribution in [0.15, 0.2) is 36.4 Å². The minimum Gasteiger partial charge on any atom is -0.495 e. The molecule has 0 fully saturated rings. The maximum absolute atomic E-state index is 12.5. The largest absolute Gasteiger partial charge is 0.495 e. The number of ether oxygens (including phenoxy) is 4. The van der Waals surface area contributed by atoms with E-state index < -0.39 is 6.10 Å². The Morgan fingerprint density at radius 2 is 1.56 bits per heavy atom. The smallest absolute Gasteiger partial charge is 0.265 e. The first kappa shape index (κ1) is 18.7. The fraction of sp³-hybridized carbons (Fsp3) is 0.278. The van der Waals surface area contributed by atoms with Gasteiger partial charge >= 0.3 is 0 Å². The van der Waals surface area contributed by atoms with E-state index in [0.29, 0.717) is 33.7 Å². The number of amides is 1. The van der Waals surface area contributed by atoms with Crippen LogP contribution in [0.25, 0.3) is 0 Å². The van der Waals surface area contributed by atoms with Gasteiger partial charge in [0.2, 0.25) is 0 Å². The van der Waals surface area contributed by atoms with Gasteiger partial charge in [0.25, 0.3) is 5.91 Å². The molecule has 0 saturated heterocycles. The molecule has 0 aromatic heterocycles. The highest BCUT2D eigenvalue weighted by Gasteiger charge is 2.19. The number of hydrogen-bond donors (Lipinski definition) is 1. The lowest BCUT2D eigenvalue weighted by molar-refractivity contribution is -0.122. The fourth-order valence-corrected chi connectivity index (χ4v) is 2.38. The fourth-order valence-electron chi connectivity index (χ4n) is 2.15. The van der Waals surface area contributed by atoms with E-state index in [9.17, 15) is 4.79 Å². The maximum Gasteiger partial charge on any atom is 0.265 e. The summed E-state index contributed by atoms with van der Waals surface area (Å²) in [5, 5.41) is 3.14. The van der Waals surface area contributed by atoms with Crippen molar-refractivity contribution in [2.45, 2.75) is 13.0 Å². The zero-order chi connectivity index (χ0) is 18.4. The van der Waals surface area contributed by atoms with Crippen LogP contribution in [0.3, 0.4) is 0 Å². The molecule has 25 heavy (non-hydrogen) atoms. The molecule has 1 N–H and O–H groups in total. The summed E-state index contributed by atoms with van der Waals surface area (Å²) < 4.78 is 21.3. The monoisotopic (exact) mass is 365 g/mol. The highest BCUT2D eigenvalue weighted by atomic mass is 35.5. The number of halogens is 1. The van der Waals surface area contributed by atoms with Crippen molar-refractivity contribution in [1.29, 1.82) is 0 Å². The van der Waals surface area contributed by atoms with E-state index in [0.717, 1.165) is 0 Å². The van der Waals surface area contributed by atoms with Crippen molar-refractivity contribution in [3.8, 4) is 23.0 Å². The number of rotatable bonds is 7. The number of carbonyl (C=O) groups excluding carboxylic acids is 1. The van der Waals surface area contributed by atoms with E-state index >= 15 is 0 Å². The lowest BCUT2D eigenvalue weighted by Gasteiger charge is -2.18. The molecule has 6 nitrogen and oxygen atoms in total. The van der Waals surface area contributed by atoms with Gasteiger partial charge in [-0.3, -0.25) is 4.79 Å². The van der Waals surface area contributed by atoms with E-state index in [1.54, 1.807) is 37.3 Å². The first-order chi connectivity index (χ1) is 12.0. The average molecular weight is 366 g/mol. The molecule has 134 valence electrons. The van der Waals surface area contributed by atoms with Gasteiger partial charge in [0, 0.05) is 12.1 Å². The summed E-state index contributed by atoms with van der Waals surface area (Å²) in [5.74, 6) is 1.52. The van der Waals surface area contributed by atoms with Gasteiger partial charge in [-0.2, -0.15) is 0 Å². The Morgan fingerprint density at radius 3 is 2.16 bits per heavy atom. The summed E-state index contributed by atoms with van der Waals surface area (Å²) in [5.41, 5.74) is 0.434. The van der Waals surface area contributed by atoms with Crippen LogP contribution in [-0.2, 0) is 4.79 Å². The van der Waals surface area contributed by atoms with Crippen molar-refractivity contribution < 1.29 is 23.7 Å². The number of para-hydroxylation sites is 2. The Morgan fingerprint density at radius 1 is 0.960 bits per heavy atom. The van der Waals surface area contributed by atoms with Gasteiger partial charge in [-0.05, 0) is 19.1 Å². The molecule has 1 amide bonds. The summed E-state index contributed by atoms with van der Waals surface area (Å²) in [6.07, 6.45) is -0.761. The third-order valence-corrected chi connectivity index (χ3v) is 3.77. The van der Waals surface area contributed by atoms with Crippen LogP contribution in [0, 0.1) is 0 Å². The second-order valence-corrected chi connectivity index (χ2v) is 5.49. The Balaban J connectivity index is 2.16. The molecular formula is C18H20ClNO5. The van der Waals surface area contributed by atoms with E-state index in [1.807, 2.05) is 6.07 Å². The molecule has 0 spiro atoms. The number of anilines is 1. The molecule has 0 unspecified atom stereocenters. The topological polar surface area (TPSA) is 66.0 Å². The molecule has 0 aliphatic rings. The summed E-state index contributed by atoms with van der Waals surface area (Å²) in [4.78, 5) is 12.5. The van der Waals surface area contributed by atoms with Gasteiger partial charge in [0.15, 0.2) is 17.6 Å². The first-order valence-corrected chi connectivity index (χ1v) is 7.90. The standard InChI is InChI=1S/C18H20ClNO5/c1-11(25-15-8-6-5-7-14(15)22-2)18(21)20-13-10-16(23-3)12(19)9-17(13)24-4/h5-11H,1-4H3,(H,20,21)/t11-/m0/s1. The molecule has 0 heterocycles. The third-order valence-electron chi connectivity index (χ3n) is 3.47. The van der Waals surface area contributed by atoms with Crippen LogP contribution >= 0.6 is 11.6 Å². The highest BCUT2D eigenvalue weighted by Crippen LogP contribution is 2.36. The third kappa shape index (κ3) is 4.48. The lowest BCUT2D eigenvalue weighted by Crippen LogP contribution is -2.30. The van der Waals surface area contributed by atoms with Crippen molar-refractivity contribution >= 4 is 23.2 Å². The van der Waals surface area contributed by atoms with Crippen molar-refractivity contribution in [2.24, 2.45) is 0 Å². The van der Waals surface area contributed by atoms with E-state index in [2.05, 4.69) is 5.32 Å². The summed E-state index contributed by atoms with van der Waals surface area (Å²) >= 11 is 6.06. The van der Waals surface area contributed by atoms with Crippen molar-refractivity contribution in [1.82, 2.24) is 0 Å². The van der Waals surface area contributed by atoms with Crippen LogP contribution in [0.5, 0.6) is 23.0 Å². The van der Waals surface area contributed by atoms with Crippen molar-refractivity contribution in [3.05, 3.63) is 41.4 Å². The van der Waals surface area contributed by atoms with Gasteiger partial charge < -0.3 is 24.3 Å². The van der Waals surface area contributed by atoms with Gasteiger partial charge in [0.1, 0.15) is 11.5 Å². The molecule has 0 radical (unpaired) electrons. The number of benzene rings is 2.